The second kappa shape index (κ2) is 7.46. The quantitative estimate of drug-likeness (QED) is 0.763. The molecule has 6 nitrogen and oxygen atoms in total. The lowest BCUT2D eigenvalue weighted by atomic mass is 10.00. The van der Waals surface area contributed by atoms with E-state index in [1.54, 1.807) is 11.0 Å². The number of anilines is 1. The molecule has 154 valence electrons. The van der Waals surface area contributed by atoms with Gasteiger partial charge in [0.1, 0.15) is 6.61 Å². The zero-order valence-electron chi connectivity index (χ0n) is 17.0. The van der Waals surface area contributed by atoms with Crippen molar-refractivity contribution >= 4 is 21.8 Å². The van der Waals surface area contributed by atoms with Gasteiger partial charge in [-0.25, -0.2) is 13.2 Å². The standard InChI is InChI=1S/C22H26N2O4S/c1-15-7-8-20(17(3)13-15)29(26,27)23-11-9-19(10-12-23)24-21-16(2)5-4-6-18(21)14-28-22(24)25/h4-8,13,19H,9-12,14H2,1-3H3. The van der Waals surface area contributed by atoms with E-state index in [-0.39, 0.29) is 18.7 Å². The number of fused-ring (bicyclic) bond motifs is 1. The molecule has 0 aromatic heterocycles. The number of hydrogen-bond donors (Lipinski definition) is 0. The lowest BCUT2D eigenvalue weighted by molar-refractivity contribution is 0.135. The Labute approximate surface area is 172 Å². The third-order valence-corrected chi connectivity index (χ3v) is 7.91. The van der Waals surface area contributed by atoms with Crippen molar-refractivity contribution < 1.29 is 17.9 Å². The predicted molar refractivity (Wildman–Crippen MR) is 112 cm³/mol. The van der Waals surface area contributed by atoms with Crippen molar-refractivity contribution in [2.75, 3.05) is 18.0 Å². The summed E-state index contributed by atoms with van der Waals surface area (Å²) in [7, 11) is -3.55. The molecule has 2 aliphatic rings. The number of rotatable bonds is 3. The molecule has 0 radical (unpaired) electrons. The van der Waals surface area contributed by atoms with Gasteiger partial charge < -0.3 is 4.74 Å². The summed E-state index contributed by atoms with van der Waals surface area (Å²) in [5, 5.41) is 0. The van der Waals surface area contributed by atoms with Crippen LogP contribution in [-0.4, -0.2) is 37.9 Å². The van der Waals surface area contributed by atoms with Gasteiger partial charge in [0.15, 0.2) is 0 Å². The van der Waals surface area contributed by atoms with E-state index < -0.39 is 10.0 Å². The largest absolute Gasteiger partial charge is 0.444 e. The van der Waals surface area contributed by atoms with E-state index in [2.05, 4.69) is 0 Å². The number of hydrogen-bond acceptors (Lipinski definition) is 4. The minimum atomic E-state index is -3.55. The van der Waals surface area contributed by atoms with Gasteiger partial charge in [-0.2, -0.15) is 4.31 Å². The van der Waals surface area contributed by atoms with Crippen molar-refractivity contribution in [2.45, 2.75) is 51.2 Å². The molecule has 0 unspecified atom stereocenters. The van der Waals surface area contributed by atoms with Crippen LogP contribution in [0.3, 0.4) is 0 Å². The molecule has 1 saturated heterocycles. The van der Waals surface area contributed by atoms with Gasteiger partial charge in [0.2, 0.25) is 10.0 Å². The van der Waals surface area contributed by atoms with Gasteiger partial charge in [-0.1, -0.05) is 35.9 Å². The highest BCUT2D eigenvalue weighted by atomic mass is 32.2. The first-order valence-corrected chi connectivity index (χ1v) is 11.3. The molecule has 4 rings (SSSR count). The van der Waals surface area contributed by atoms with Crippen molar-refractivity contribution in [3.63, 3.8) is 0 Å². The number of cyclic esters (lactones) is 1. The number of benzene rings is 2. The highest BCUT2D eigenvalue weighted by molar-refractivity contribution is 7.89. The lowest BCUT2D eigenvalue weighted by Crippen LogP contribution is -2.50. The maximum atomic E-state index is 13.1. The summed E-state index contributed by atoms with van der Waals surface area (Å²) in [5.74, 6) is 0. The molecule has 7 heteroatoms. The second-order valence-corrected chi connectivity index (χ2v) is 9.82. The molecule has 0 spiro atoms. The molecule has 2 heterocycles. The van der Waals surface area contributed by atoms with Crippen LogP contribution in [0.2, 0.25) is 0 Å². The average Bonchev–Trinajstić information content (AvgIpc) is 2.68. The Morgan fingerprint density at radius 1 is 1.00 bits per heavy atom. The first-order chi connectivity index (χ1) is 13.8. The summed E-state index contributed by atoms with van der Waals surface area (Å²) in [5.41, 5.74) is 4.74. The van der Waals surface area contributed by atoms with Gasteiger partial charge in [0.05, 0.1) is 10.6 Å². The Morgan fingerprint density at radius 3 is 2.41 bits per heavy atom. The second-order valence-electron chi connectivity index (χ2n) is 7.91. The molecule has 29 heavy (non-hydrogen) atoms. The van der Waals surface area contributed by atoms with Crippen molar-refractivity contribution in [3.05, 3.63) is 58.7 Å². The summed E-state index contributed by atoms with van der Waals surface area (Å²) in [6.45, 7) is 6.82. The molecule has 0 N–H and O–H groups in total. The Balaban J connectivity index is 1.55. The number of sulfonamides is 1. The maximum absolute atomic E-state index is 13.1. The fourth-order valence-electron chi connectivity index (χ4n) is 4.38. The Bertz CT molecular complexity index is 1060. The molecule has 1 fully saturated rings. The van der Waals surface area contributed by atoms with Gasteiger partial charge in [-0.3, -0.25) is 4.90 Å². The van der Waals surface area contributed by atoms with E-state index in [1.165, 1.54) is 4.31 Å². The summed E-state index contributed by atoms with van der Waals surface area (Å²) in [6.07, 6.45) is 0.808. The minimum Gasteiger partial charge on any atom is -0.444 e. The fourth-order valence-corrected chi connectivity index (χ4v) is 6.06. The predicted octanol–water partition coefficient (Wildman–Crippen LogP) is 3.92. The number of piperidine rings is 1. The van der Waals surface area contributed by atoms with Crippen molar-refractivity contribution in [1.29, 1.82) is 0 Å². The van der Waals surface area contributed by atoms with E-state index >= 15 is 0 Å². The van der Waals surface area contributed by atoms with Crippen LogP contribution in [0.15, 0.2) is 41.3 Å². The van der Waals surface area contributed by atoms with Gasteiger partial charge in [0, 0.05) is 24.7 Å². The number of carbonyl (C=O) groups is 1. The summed E-state index contributed by atoms with van der Waals surface area (Å²) in [4.78, 5) is 14.6. The van der Waals surface area contributed by atoms with E-state index in [9.17, 15) is 13.2 Å². The van der Waals surface area contributed by atoms with Gasteiger partial charge in [-0.15, -0.1) is 0 Å². The highest BCUT2D eigenvalue weighted by Gasteiger charge is 2.37. The van der Waals surface area contributed by atoms with Crippen LogP contribution in [-0.2, 0) is 21.4 Å². The monoisotopic (exact) mass is 414 g/mol. The molecule has 2 aromatic rings. The number of carbonyl (C=O) groups excluding carboxylic acids is 1. The zero-order chi connectivity index (χ0) is 20.8. The molecule has 2 aliphatic heterocycles. The number of nitrogens with zero attached hydrogens (tertiary/aromatic N) is 2. The van der Waals surface area contributed by atoms with E-state index in [0.717, 1.165) is 27.9 Å². The van der Waals surface area contributed by atoms with Crippen LogP contribution in [0.1, 0.15) is 35.1 Å². The van der Waals surface area contributed by atoms with E-state index in [1.807, 2.05) is 51.1 Å². The van der Waals surface area contributed by atoms with Gasteiger partial charge >= 0.3 is 6.09 Å². The molecule has 2 aromatic carbocycles. The van der Waals surface area contributed by atoms with E-state index in [0.29, 0.717) is 30.8 Å². The SMILES string of the molecule is Cc1ccc(S(=O)(=O)N2CCC(N3C(=O)OCc4cccc(C)c43)CC2)c(C)c1. The lowest BCUT2D eigenvalue weighted by Gasteiger charge is -2.40. The van der Waals surface area contributed by atoms with Crippen LogP contribution in [0.25, 0.3) is 0 Å². The normalized spacial score (nSPS) is 18.4. The number of aryl methyl sites for hydroxylation is 3. The molecule has 0 aliphatic carbocycles. The molecular weight excluding hydrogens is 388 g/mol. The first-order valence-electron chi connectivity index (χ1n) is 9.91. The van der Waals surface area contributed by atoms with Crippen molar-refractivity contribution in [1.82, 2.24) is 4.31 Å². The molecule has 0 bridgehead atoms. The molecular formula is C22H26N2O4S. The molecule has 0 atom stereocenters. The van der Waals surface area contributed by atoms with Crippen molar-refractivity contribution in [2.24, 2.45) is 0 Å². The van der Waals surface area contributed by atoms with Gasteiger partial charge in [-0.05, 0) is 50.8 Å². The van der Waals surface area contributed by atoms with Crippen LogP contribution >= 0.6 is 0 Å². The number of amides is 1. The topological polar surface area (TPSA) is 66.9 Å². The van der Waals surface area contributed by atoms with Crippen LogP contribution in [0.4, 0.5) is 10.5 Å². The maximum Gasteiger partial charge on any atom is 0.414 e. The van der Waals surface area contributed by atoms with Crippen LogP contribution in [0.5, 0.6) is 0 Å². The summed E-state index contributed by atoms with van der Waals surface area (Å²) in [6, 6.07) is 11.3. The third-order valence-electron chi connectivity index (χ3n) is 5.85. The highest BCUT2D eigenvalue weighted by Crippen LogP contribution is 2.35. The summed E-state index contributed by atoms with van der Waals surface area (Å²) >= 11 is 0. The first kappa shape index (κ1) is 19.9. The van der Waals surface area contributed by atoms with Gasteiger partial charge in [0.25, 0.3) is 0 Å². The van der Waals surface area contributed by atoms with Crippen molar-refractivity contribution in [3.8, 4) is 0 Å². The van der Waals surface area contributed by atoms with Crippen LogP contribution < -0.4 is 4.90 Å². The zero-order valence-corrected chi connectivity index (χ0v) is 17.8. The van der Waals surface area contributed by atoms with E-state index in [4.69, 9.17) is 4.74 Å². The smallest absolute Gasteiger partial charge is 0.414 e. The third kappa shape index (κ3) is 3.53. The Morgan fingerprint density at radius 2 is 1.72 bits per heavy atom. The Kier molecular flexibility index (Phi) is 5.12. The number of para-hydroxylation sites is 1. The fraction of sp³-hybridized carbons (Fsp3) is 0.409. The van der Waals surface area contributed by atoms with Crippen LogP contribution in [0, 0.1) is 20.8 Å². The minimum absolute atomic E-state index is 0.0757. The molecule has 0 saturated carbocycles. The molecule has 1 amide bonds. The number of ether oxygens (including phenoxy) is 1. The Hall–Kier alpha value is -2.38. The summed E-state index contributed by atoms with van der Waals surface area (Å²) < 4.78 is 33.2. The average molecular weight is 415 g/mol.